The van der Waals surface area contributed by atoms with E-state index in [1.165, 1.54) is 17.2 Å². The van der Waals surface area contributed by atoms with E-state index >= 15 is 0 Å². The molecule has 1 saturated heterocycles. The Labute approximate surface area is 186 Å². The number of hydrogen-bond acceptors (Lipinski definition) is 6. The molecule has 4 aromatic rings. The van der Waals surface area contributed by atoms with Crippen molar-refractivity contribution in [2.24, 2.45) is 5.92 Å². The Kier molecular flexibility index (Phi) is 6.50. The van der Waals surface area contributed by atoms with Crippen LogP contribution < -0.4 is 4.90 Å². The Morgan fingerprint density at radius 2 is 1.62 bits per heavy atom. The minimum Gasteiger partial charge on any atom is -0.356 e. The summed E-state index contributed by atoms with van der Waals surface area (Å²) in [5, 5.41) is 4.03. The summed E-state index contributed by atoms with van der Waals surface area (Å²) in [5.74, 6) is -1.89. The van der Waals surface area contributed by atoms with Crippen LogP contribution in [0.1, 0.15) is 19.8 Å². The van der Waals surface area contributed by atoms with E-state index in [-0.39, 0.29) is 16.5 Å². The molecule has 1 fully saturated rings. The van der Waals surface area contributed by atoms with Crippen molar-refractivity contribution in [3.63, 3.8) is 0 Å². The lowest BCUT2D eigenvalue weighted by Crippen LogP contribution is -2.35. The minimum atomic E-state index is -1.04. The van der Waals surface area contributed by atoms with Crippen LogP contribution in [-0.4, -0.2) is 42.6 Å². The normalized spacial score (nSPS) is 14.3. The van der Waals surface area contributed by atoms with Gasteiger partial charge in [-0.05, 0) is 24.8 Å². The molecule has 0 amide bonds. The highest BCUT2D eigenvalue weighted by Gasteiger charge is 2.28. The highest BCUT2D eigenvalue weighted by molar-refractivity contribution is 6.33. The second-order valence-electron chi connectivity index (χ2n) is 7.39. The van der Waals surface area contributed by atoms with Gasteiger partial charge in [-0.3, -0.25) is 0 Å². The molecule has 0 aliphatic carbocycles. The summed E-state index contributed by atoms with van der Waals surface area (Å²) in [6.07, 6.45) is 8.02. The van der Waals surface area contributed by atoms with Gasteiger partial charge in [0.15, 0.2) is 0 Å². The first-order valence-corrected chi connectivity index (χ1v) is 10.3. The quantitative estimate of drug-likeness (QED) is 0.407. The molecule has 11 heteroatoms. The number of fused-ring (bicyclic) bond motifs is 1. The van der Waals surface area contributed by atoms with Crippen molar-refractivity contribution < 1.29 is 13.2 Å². The minimum absolute atomic E-state index is 0.0502. The van der Waals surface area contributed by atoms with E-state index in [0.29, 0.717) is 37.0 Å². The second kappa shape index (κ2) is 9.47. The van der Waals surface area contributed by atoms with Gasteiger partial charge in [-0.1, -0.05) is 18.5 Å². The van der Waals surface area contributed by atoms with Gasteiger partial charge in [0.2, 0.25) is 0 Å². The van der Waals surface area contributed by atoms with Gasteiger partial charge < -0.3 is 4.90 Å². The van der Waals surface area contributed by atoms with Crippen LogP contribution in [0.3, 0.4) is 0 Å². The Balaban J connectivity index is 0.000000354. The Morgan fingerprint density at radius 3 is 2.19 bits per heavy atom. The molecule has 3 aromatic heterocycles. The van der Waals surface area contributed by atoms with Crippen LogP contribution in [0.5, 0.6) is 0 Å². The van der Waals surface area contributed by atoms with E-state index in [9.17, 15) is 13.2 Å². The third kappa shape index (κ3) is 4.50. The predicted molar refractivity (Wildman–Crippen MR) is 114 cm³/mol. The Hall–Kier alpha value is -3.27. The molecule has 5 rings (SSSR count). The molecule has 166 valence electrons. The van der Waals surface area contributed by atoms with Crippen molar-refractivity contribution >= 4 is 23.2 Å². The summed E-state index contributed by atoms with van der Waals surface area (Å²) >= 11 is 6.29. The van der Waals surface area contributed by atoms with Crippen molar-refractivity contribution in [2.45, 2.75) is 19.8 Å². The van der Waals surface area contributed by atoms with E-state index in [1.54, 1.807) is 18.5 Å². The number of piperidine rings is 1. The van der Waals surface area contributed by atoms with E-state index in [4.69, 9.17) is 11.6 Å². The number of hydrogen-bond donors (Lipinski definition) is 0. The van der Waals surface area contributed by atoms with Crippen molar-refractivity contribution in [1.82, 2.24) is 29.5 Å². The first-order chi connectivity index (χ1) is 15.5. The number of halogens is 4. The molecule has 0 bridgehead atoms. The Bertz CT molecular complexity index is 1160. The zero-order valence-corrected chi connectivity index (χ0v) is 17.8. The SMILES string of the molecule is CC1CCN(c2c(-c3c(F)cc(F)cc3F)c(Cl)nc3ncnn23)CC1.c1cncnc1. The third-order valence-electron chi connectivity index (χ3n) is 5.18. The summed E-state index contributed by atoms with van der Waals surface area (Å²) in [6, 6.07) is 3.03. The summed E-state index contributed by atoms with van der Waals surface area (Å²) in [6.45, 7) is 3.50. The van der Waals surface area contributed by atoms with Gasteiger partial charge in [0.25, 0.3) is 5.78 Å². The molecule has 0 radical (unpaired) electrons. The summed E-state index contributed by atoms with van der Waals surface area (Å²) in [5.41, 5.74) is -0.371. The molecular weight excluding hydrogens is 443 g/mol. The van der Waals surface area contributed by atoms with Gasteiger partial charge in [-0.15, -0.1) is 0 Å². The first-order valence-electron chi connectivity index (χ1n) is 9.94. The molecule has 1 aromatic carbocycles. The van der Waals surface area contributed by atoms with Crippen LogP contribution in [0.25, 0.3) is 16.9 Å². The summed E-state index contributed by atoms with van der Waals surface area (Å²) in [7, 11) is 0. The molecule has 4 heterocycles. The largest absolute Gasteiger partial charge is 0.356 e. The number of nitrogens with zero attached hydrogens (tertiary/aromatic N) is 7. The maximum atomic E-state index is 14.5. The molecule has 7 nitrogen and oxygen atoms in total. The fourth-order valence-electron chi connectivity index (χ4n) is 3.56. The summed E-state index contributed by atoms with van der Waals surface area (Å²) < 4.78 is 43.7. The first kappa shape index (κ1) is 21.9. The van der Waals surface area contributed by atoms with Crippen LogP contribution in [0, 0.1) is 23.4 Å². The lowest BCUT2D eigenvalue weighted by atomic mass is 9.98. The van der Waals surface area contributed by atoms with Gasteiger partial charge in [0.1, 0.15) is 41.1 Å². The fraction of sp³-hybridized carbons (Fsp3) is 0.286. The number of aromatic nitrogens is 6. The zero-order valence-electron chi connectivity index (χ0n) is 17.1. The van der Waals surface area contributed by atoms with Crippen LogP contribution in [0.15, 0.2) is 43.2 Å². The second-order valence-corrected chi connectivity index (χ2v) is 7.75. The average molecular weight is 462 g/mol. The monoisotopic (exact) mass is 461 g/mol. The highest BCUT2D eigenvalue weighted by Crippen LogP contribution is 2.40. The van der Waals surface area contributed by atoms with Gasteiger partial charge in [-0.25, -0.2) is 23.1 Å². The molecule has 0 spiro atoms. The fourth-order valence-corrected chi connectivity index (χ4v) is 3.82. The zero-order chi connectivity index (χ0) is 22.7. The smallest absolute Gasteiger partial charge is 0.255 e. The van der Waals surface area contributed by atoms with Gasteiger partial charge in [0.05, 0.1) is 11.1 Å². The van der Waals surface area contributed by atoms with E-state index in [0.717, 1.165) is 12.8 Å². The molecule has 32 heavy (non-hydrogen) atoms. The maximum absolute atomic E-state index is 14.5. The molecule has 1 aliphatic rings. The van der Waals surface area contributed by atoms with Crippen molar-refractivity contribution in [3.05, 3.63) is 65.9 Å². The van der Waals surface area contributed by atoms with E-state index < -0.39 is 23.0 Å². The molecule has 0 saturated carbocycles. The standard InChI is InChI=1S/C17H15ClF3N5.C4H4N2/c1-9-2-4-25(5-3-9)16-14(13-11(20)6-10(19)7-12(13)21)15(18)24-17-22-8-23-26(16)17;1-2-5-4-6-3-1/h6-9H,2-5H2,1H3;1-4H. The average Bonchev–Trinajstić information content (AvgIpc) is 3.24. The van der Waals surface area contributed by atoms with E-state index in [2.05, 4.69) is 32.0 Å². The van der Waals surface area contributed by atoms with Gasteiger partial charge in [0, 0.05) is 37.6 Å². The lowest BCUT2D eigenvalue weighted by Gasteiger charge is -2.33. The van der Waals surface area contributed by atoms with Crippen LogP contribution in [0.4, 0.5) is 19.0 Å². The topological polar surface area (TPSA) is 72.1 Å². The van der Waals surface area contributed by atoms with Crippen LogP contribution in [0.2, 0.25) is 5.15 Å². The number of rotatable bonds is 2. The molecule has 0 unspecified atom stereocenters. The highest BCUT2D eigenvalue weighted by atomic mass is 35.5. The van der Waals surface area contributed by atoms with Crippen molar-refractivity contribution in [3.8, 4) is 11.1 Å². The number of benzene rings is 1. The van der Waals surface area contributed by atoms with Crippen LogP contribution >= 0.6 is 11.6 Å². The van der Waals surface area contributed by atoms with Gasteiger partial charge in [-0.2, -0.15) is 19.6 Å². The third-order valence-corrected chi connectivity index (χ3v) is 5.45. The van der Waals surface area contributed by atoms with Crippen LogP contribution in [-0.2, 0) is 0 Å². The molecule has 1 aliphatic heterocycles. The molecular formula is C21H19ClF3N7. The van der Waals surface area contributed by atoms with Crippen molar-refractivity contribution in [1.29, 1.82) is 0 Å². The van der Waals surface area contributed by atoms with E-state index in [1.807, 2.05) is 4.90 Å². The van der Waals surface area contributed by atoms with Gasteiger partial charge >= 0.3 is 0 Å². The molecule has 0 N–H and O–H groups in total. The molecule has 0 atom stereocenters. The predicted octanol–water partition coefficient (Wildman–Crippen LogP) is 4.57. The number of anilines is 1. The Morgan fingerprint density at radius 1 is 0.969 bits per heavy atom. The van der Waals surface area contributed by atoms with Crippen molar-refractivity contribution in [2.75, 3.05) is 18.0 Å². The maximum Gasteiger partial charge on any atom is 0.255 e. The lowest BCUT2D eigenvalue weighted by molar-refractivity contribution is 0.435. The summed E-state index contributed by atoms with van der Waals surface area (Å²) in [4.78, 5) is 17.4.